The van der Waals surface area contributed by atoms with Gasteiger partial charge in [0.15, 0.2) is 0 Å². The van der Waals surface area contributed by atoms with Crippen molar-refractivity contribution >= 4 is 17.6 Å². The van der Waals surface area contributed by atoms with Gasteiger partial charge in [0.1, 0.15) is 17.1 Å². The number of hydrogen-bond acceptors (Lipinski definition) is 5. The predicted octanol–water partition coefficient (Wildman–Crippen LogP) is 4.49. The summed E-state index contributed by atoms with van der Waals surface area (Å²) >= 11 is 0. The molecule has 1 aliphatic heterocycles. The van der Waals surface area contributed by atoms with Gasteiger partial charge >= 0.3 is 12.3 Å². The molecule has 4 rings (SSSR count). The molecule has 0 atom stereocenters. The quantitative estimate of drug-likeness (QED) is 0.810. The molecule has 9 heteroatoms. The third-order valence-corrected chi connectivity index (χ3v) is 5.56. The summed E-state index contributed by atoms with van der Waals surface area (Å²) in [5, 5.41) is 3.01. The van der Waals surface area contributed by atoms with Crippen molar-refractivity contribution in [3.8, 4) is 0 Å². The van der Waals surface area contributed by atoms with Gasteiger partial charge in [0.25, 0.3) is 0 Å². The summed E-state index contributed by atoms with van der Waals surface area (Å²) in [6, 6.07) is 7.43. The molecule has 154 valence electrons. The standard InChI is InChI=1S/C20H21F3N4O2/c21-20(22,23)16-4-1-5-17(26-16)25-11-14-6-8-19(9-7-14)13-27(18(28)29-19)15-3-2-10-24-12-15/h1-5,10,12,14H,6-9,11,13H2,(H,25,26). The monoisotopic (exact) mass is 406 g/mol. The number of rotatable bonds is 4. The topological polar surface area (TPSA) is 67.3 Å². The second-order valence-electron chi connectivity index (χ2n) is 7.58. The van der Waals surface area contributed by atoms with Gasteiger partial charge in [-0.25, -0.2) is 9.78 Å². The molecule has 29 heavy (non-hydrogen) atoms. The number of nitrogens with zero attached hydrogens (tertiary/aromatic N) is 3. The molecular weight excluding hydrogens is 385 g/mol. The minimum atomic E-state index is -4.46. The van der Waals surface area contributed by atoms with Crippen molar-refractivity contribution in [2.45, 2.75) is 37.5 Å². The number of amides is 1. The number of nitrogens with one attached hydrogen (secondary N) is 1. The number of halogens is 3. The van der Waals surface area contributed by atoms with Gasteiger partial charge in [-0.05, 0) is 55.9 Å². The highest BCUT2D eigenvalue weighted by atomic mass is 19.4. The van der Waals surface area contributed by atoms with Crippen LogP contribution in [-0.2, 0) is 10.9 Å². The maximum atomic E-state index is 12.8. The van der Waals surface area contributed by atoms with Gasteiger partial charge in [0, 0.05) is 12.7 Å². The fourth-order valence-electron chi connectivity index (χ4n) is 3.94. The maximum Gasteiger partial charge on any atom is 0.433 e. The number of alkyl halides is 3. The lowest BCUT2D eigenvalue weighted by Gasteiger charge is -2.35. The average molecular weight is 406 g/mol. The molecule has 2 fully saturated rings. The average Bonchev–Trinajstić information content (AvgIpc) is 3.04. The fourth-order valence-corrected chi connectivity index (χ4v) is 3.94. The smallest absolute Gasteiger partial charge is 0.433 e. The number of carbonyl (C=O) groups is 1. The van der Waals surface area contributed by atoms with Crippen molar-refractivity contribution in [2.24, 2.45) is 5.92 Å². The van der Waals surface area contributed by atoms with E-state index in [0.29, 0.717) is 18.8 Å². The van der Waals surface area contributed by atoms with Gasteiger partial charge in [0.05, 0.1) is 18.4 Å². The molecule has 0 aromatic carbocycles. The first-order valence-corrected chi connectivity index (χ1v) is 9.53. The van der Waals surface area contributed by atoms with E-state index in [1.165, 1.54) is 12.1 Å². The van der Waals surface area contributed by atoms with Gasteiger partial charge in [-0.1, -0.05) is 6.07 Å². The summed E-state index contributed by atoms with van der Waals surface area (Å²) in [6.07, 6.45) is 1.55. The van der Waals surface area contributed by atoms with E-state index in [-0.39, 0.29) is 17.8 Å². The van der Waals surface area contributed by atoms with E-state index in [4.69, 9.17) is 4.74 Å². The van der Waals surface area contributed by atoms with E-state index in [1.807, 2.05) is 6.07 Å². The largest absolute Gasteiger partial charge is 0.441 e. The molecule has 3 heterocycles. The number of hydrogen-bond donors (Lipinski definition) is 1. The van der Waals surface area contributed by atoms with E-state index in [9.17, 15) is 18.0 Å². The van der Waals surface area contributed by atoms with Crippen molar-refractivity contribution < 1.29 is 22.7 Å². The van der Waals surface area contributed by atoms with Crippen LogP contribution in [0.15, 0.2) is 42.7 Å². The SMILES string of the molecule is O=C1OC2(CCC(CNc3cccc(C(F)(F)F)n3)CC2)CN1c1cccnc1. The van der Waals surface area contributed by atoms with Crippen LogP contribution in [0.2, 0.25) is 0 Å². The maximum absolute atomic E-state index is 12.8. The zero-order valence-electron chi connectivity index (χ0n) is 15.7. The van der Waals surface area contributed by atoms with Crippen molar-refractivity contribution in [2.75, 3.05) is 23.3 Å². The number of ether oxygens (including phenoxy) is 1. The van der Waals surface area contributed by atoms with Crippen molar-refractivity contribution in [1.29, 1.82) is 0 Å². The van der Waals surface area contributed by atoms with E-state index in [2.05, 4.69) is 15.3 Å². The Kier molecular flexibility index (Phi) is 5.06. The van der Waals surface area contributed by atoms with E-state index in [1.54, 1.807) is 23.4 Å². The molecule has 2 aromatic rings. The summed E-state index contributed by atoms with van der Waals surface area (Å²) in [5.74, 6) is 0.498. The minimum Gasteiger partial charge on any atom is -0.441 e. The molecular formula is C20H21F3N4O2. The summed E-state index contributed by atoms with van der Waals surface area (Å²) in [4.78, 5) is 21.6. The molecule has 1 amide bonds. The van der Waals surface area contributed by atoms with Gasteiger partial charge in [-0.2, -0.15) is 13.2 Å². The van der Waals surface area contributed by atoms with Crippen molar-refractivity contribution in [3.63, 3.8) is 0 Å². The number of carbonyl (C=O) groups excluding carboxylic acids is 1. The van der Waals surface area contributed by atoms with Crippen LogP contribution in [0.1, 0.15) is 31.4 Å². The second kappa shape index (κ2) is 7.53. The van der Waals surface area contributed by atoms with Gasteiger partial charge in [-0.3, -0.25) is 9.88 Å². The minimum absolute atomic E-state index is 0.218. The van der Waals surface area contributed by atoms with Crippen LogP contribution in [0.4, 0.5) is 29.5 Å². The molecule has 2 aliphatic rings. The molecule has 1 saturated heterocycles. The normalized spacial score (nSPS) is 24.6. The summed E-state index contributed by atoms with van der Waals surface area (Å²) < 4.78 is 44.1. The second-order valence-corrected chi connectivity index (χ2v) is 7.58. The van der Waals surface area contributed by atoms with Gasteiger partial charge in [-0.15, -0.1) is 0 Å². The fraction of sp³-hybridized carbons (Fsp3) is 0.450. The van der Waals surface area contributed by atoms with Gasteiger partial charge < -0.3 is 10.1 Å². The molecule has 1 spiro atoms. The first-order chi connectivity index (χ1) is 13.8. The van der Waals surface area contributed by atoms with Crippen molar-refractivity contribution in [3.05, 3.63) is 48.4 Å². The van der Waals surface area contributed by atoms with E-state index < -0.39 is 17.5 Å². The van der Waals surface area contributed by atoms with Crippen LogP contribution in [0.25, 0.3) is 0 Å². The first-order valence-electron chi connectivity index (χ1n) is 9.53. The molecule has 1 saturated carbocycles. The summed E-state index contributed by atoms with van der Waals surface area (Å²) in [6.45, 7) is 1.03. The third-order valence-electron chi connectivity index (χ3n) is 5.56. The Balaban J connectivity index is 1.32. The summed E-state index contributed by atoms with van der Waals surface area (Å²) in [7, 11) is 0. The van der Waals surface area contributed by atoms with Crippen LogP contribution in [0.5, 0.6) is 0 Å². The molecule has 0 bridgehead atoms. The lowest BCUT2D eigenvalue weighted by atomic mass is 9.78. The van der Waals surface area contributed by atoms with E-state index >= 15 is 0 Å². The highest BCUT2D eigenvalue weighted by molar-refractivity contribution is 5.90. The Morgan fingerprint density at radius 1 is 1.21 bits per heavy atom. The Morgan fingerprint density at radius 2 is 2.00 bits per heavy atom. The third kappa shape index (κ3) is 4.28. The zero-order chi connectivity index (χ0) is 20.5. The van der Waals surface area contributed by atoms with Crippen LogP contribution >= 0.6 is 0 Å². The number of pyridine rings is 2. The van der Waals surface area contributed by atoms with Gasteiger partial charge in [0.2, 0.25) is 0 Å². The Hall–Kier alpha value is -2.84. The summed E-state index contributed by atoms with van der Waals surface area (Å²) in [5.41, 5.74) is -0.690. The van der Waals surface area contributed by atoms with Crippen LogP contribution in [0, 0.1) is 5.92 Å². The first kappa shape index (κ1) is 19.5. The Morgan fingerprint density at radius 3 is 2.69 bits per heavy atom. The number of anilines is 2. The zero-order valence-corrected chi connectivity index (χ0v) is 15.7. The highest BCUT2D eigenvalue weighted by Crippen LogP contribution is 2.40. The molecule has 0 radical (unpaired) electrons. The highest BCUT2D eigenvalue weighted by Gasteiger charge is 2.47. The van der Waals surface area contributed by atoms with Crippen molar-refractivity contribution in [1.82, 2.24) is 9.97 Å². The Labute approximate surface area is 166 Å². The predicted molar refractivity (Wildman–Crippen MR) is 100 cm³/mol. The molecule has 0 unspecified atom stereocenters. The number of aromatic nitrogens is 2. The lowest BCUT2D eigenvalue weighted by molar-refractivity contribution is -0.141. The molecule has 2 aromatic heterocycles. The molecule has 1 N–H and O–H groups in total. The van der Waals surface area contributed by atoms with Crippen LogP contribution in [-0.4, -0.2) is 34.8 Å². The van der Waals surface area contributed by atoms with Crippen LogP contribution in [0.3, 0.4) is 0 Å². The van der Waals surface area contributed by atoms with Crippen LogP contribution < -0.4 is 10.2 Å². The Bertz CT molecular complexity index is 868. The molecule has 1 aliphatic carbocycles. The van der Waals surface area contributed by atoms with E-state index in [0.717, 1.165) is 31.7 Å². The molecule has 6 nitrogen and oxygen atoms in total. The lowest BCUT2D eigenvalue weighted by Crippen LogP contribution is -2.39.